The number of nitrogens with two attached hydrogens (primary N) is 1. The Bertz CT molecular complexity index is 1440. The number of fused-ring (bicyclic) bond motifs is 1. The molecule has 1 fully saturated rings. The Morgan fingerprint density at radius 3 is 2.27 bits per heavy atom. The number of carbonyl (C=O) groups excluding carboxylic acids is 4. The number of anilines is 1. The number of rotatable bonds is 8. The van der Waals surface area contributed by atoms with E-state index < -0.39 is 54.5 Å². The van der Waals surface area contributed by atoms with E-state index in [9.17, 15) is 19.2 Å². The molecule has 0 aliphatic carbocycles. The first-order valence-corrected chi connectivity index (χ1v) is 12.2. The van der Waals surface area contributed by atoms with Crippen molar-refractivity contribution in [3.05, 3.63) is 23.4 Å². The van der Waals surface area contributed by atoms with Crippen LogP contribution in [0, 0.1) is 0 Å². The highest BCUT2D eigenvalue weighted by Crippen LogP contribution is 2.34. The van der Waals surface area contributed by atoms with Crippen LogP contribution in [0.5, 0.6) is 0 Å². The van der Waals surface area contributed by atoms with Crippen LogP contribution < -0.4 is 5.73 Å². The Labute approximate surface area is 230 Å². The van der Waals surface area contributed by atoms with Gasteiger partial charge in [-0.1, -0.05) is 16.8 Å². The molecule has 0 amide bonds. The van der Waals surface area contributed by atoms with Gasteiger partial charge in [0, 0.05) is 27.7 Å². The quantitative estimate of drug-likeness (QED) is 0.210. The van der Waals surface area contributed by atoms with Gasteiger partial charge in [-0.15, -0.1) is 5.10 Å². The minimum Gasteiger partial charge on any atom is -0.463 e. The normalized spacial score (nSPS) is 22.5. The Hall–Kier alpha value is -4.38. The molecule has 0 bridgehead atoms. The zero-order chi connectivity index (χ0) is 29.1. The van der Waals surface area contributed by atoms with E-state index in [-0.39, 0.29) is 24.3 Å². The van der Waals surface area contributed by atoms with Gasteiger partial charge in [-0.25, -0.2) is 9.67 Å². The summed E-state index contributed by atoms with van der Waals surface area (Å²) in [6, 6.07) is 0. The molecule has 1 aliphatic heterocycles. The van der Waals surface area contributed by atoms with Gasteiger partial charge in [0.05, 0.1) is 19.1 Å². The summed E-state index contributed by atoms with van der Waals surface area (Å²) >= 11 is 6.10. The van der Waals surface area contributed by atoms with Crippen LogP contribution in [0.3, 0.4) is 0 Å². The van der Waals surface area contributed by atoms with Crippen molar-refractivity contribution in [1.82, 2.24) is 34.5 Å². The van der Waals surface area contributed by atoms with Crippen LogP contribution in [-0.2, 0) is 49.4 Å². The molecule has 3 aromatic rings. The number of nitrogen functional groups attached to an aromatic ring is 1. The average molecular weight is 581 g/mol. The van der Waals surface area contributed by atoms with Crippen molar-refractivity contribution in [2.24, 2.45) is 0 Å². The van der Waals surface area contributed by atoms with Gasteiger partial charge in [-0.05, 0) is 0 Å². The molecule has 0 aromatic carbocycles. The van der Waals surface area contributed by atoms with E-state index in [1.165, 1.54) is 24.1 Å². The van der Waals surface area contributed by atoms with Crippen LogP contribution in [0.25, 0.3) is 11.2 Å². The van der Waals surface area contributed by atoms with E-state index in [0.29, 0.717) is 16.9 Å². The van der Waals surface area contributed by atoms with Gasteiger partial charge >= 0.3 is 23.9 Å². The zero-order valence-electron chi connectivity index (χ0n) is 21.7. The van der Waals surface area contributed by atoms with Crippen LogP contribution in [0.15, 0.2) is 12.5 Å². The Morgan fingerprint density at radius 1 is 0.975 bits per heavy atom. The molecule has 0 unspecified atom stereocenters. The van der Waals surface area contributed by atoms with Gasteiger partial charge in [-0.3, -0.25) is 19.2 Å². The number of nitrogens with zero attached hydrogens (tertiary/aromatic N) is 7. The van der Waals surface area contributed by atoms with Crippen molar-refractivity contribution < 1.29 is 42.9 Å². The maximum atomic E-state index is 12.1. The zero-order valence-corrected chi connectivity index (χ0v) is 22.5. The minimum absolute atomic E-state index is 0.0413. The van der Waals surface area contributed by atoms with Crippen molar-refractivity contribution in [3.63, 3.8) is 0 Å². The fourth-order valence-electron chi connectivity index (χ4n) is 4.14. The summed E-state index contributed by atoms with van der Waals surface area (Å²) in [4.78, 5) is 59.7. The standard InChI is InChI=1S/C22H25ClN8O9/c1-9(32)36-7-14-16(37-10(2)33)17(38-11(3)34)18(39-12(4)35)21(40-14)31-6-13(28-29-31)5-30-8-25-15-19(23)26-22(24)27-20(15)30/h6,8,14,16-18,21H,5,7H2,1-4H3,(H2,24,26,27)/t14-,16-,17+,18-,21+/m1/s1. The van der Waals surface area contributed by atoms with Crippen LogP contribution in [0.2, 0.25) is 5.15 Å². The lowest BCUT2D eigenvalue weighted by Crippen LogP contribution is -2.60. The molecule has 4 heterocycles. The lowest BCUT2D eigenvalue weighted by molar-refractivity contribution is -0.270. The van der Waals surface area contributed by atoms with Gasteiger partial charge in [0.25, 0.3) is 0 Å². The molecule has 4 rings (SSSR count). The molecule has 1 saturated heterocycles. The number of hydrogen-bond donors (Lipinski definition) is 1. The predicted octanol–water partition coefficient (Wildman–Crippen LogP) is -0.0427. The molecular weight excluding hydrogens is 556 g/mol. The number of imidazole rings is 1. The van der Waals surface area contributed by atoms with Gasteiger partial charge in [-0.2, -0.15) is 9.97 Å². The van der Waals surface area contributed by atoms with Gasteiger partial charge < -0.3 is 34.0 Å². The van der Waals surface area contributed by atoms with Gasteiger partial charge in [0.2, 0.25) is 5.95 Å². The van der Waals surface area contributed by atoms with Crippen LogP contribution in [0.4, 0.5) is 5.95 Å². The summed E-state index contributed by atoms with van der Waals surface area (Å²) < 4.78 is 30.3. The lowest BCUT2D eigenvalue weighted by Gasteiger charge is -2.44. The van der Waals surface area contributed by atoms with E-state index in [4.69, 9.17) is 41.0 Å². The van der Waals surface area contributed by atoms with Crippen molar-refractivity contribution in [1.29, 1.82) is 0 Å². The molecule has 5 atom stereocenters. The van der Waals surface area contributed by atoms with Crippen molar-refractivity contribution in [3.8, 4) is 0 Å². The number of ether oxygens (including phenoxy) is 5. The second kappa shape index (κ2) is 11.8. The van der Waals surface area contributed by atoms with Crippen LogP contribution in [-0.4, -0.2) is 89.4 Å². The van der Waals surface area contributed by atoms with Gasteiger partial charge in [0.1, 0.15) is 23.9 Å². The molecule has 17 nitrogen and oxygen atoms in total. The minimum atomic E-state index is -1.35. The Morgan fingerprint density at radius 2 is 1.62 bits per heavy atom. The largest absolute Gasteiger partial charge is 0.463 e. The molecule has 0 spiro atoms. The molecular formula is C22H25ClN8O9. The number of carbonyl (C=O) groups is 4. The molecule has 2 N–H and O–H groups in total. The average Bonchev–Trinajstić information content (AvgIpc) is 3.47. The summed E-state index contributed by atoms with van der Waals surface area (Å²) in [5, 5.41) is 8.33. The second-order valence-corrected chi connectivity index (χ2v) is 9.06. The molecule has 3 aromatic heterocycles. The van der Waals surface area contributed by atoms with E-state index in [0.717, 1.165) is 20.8 Å². The van der Waals surface area contributed by atoms with E-state index in [2.05, 4.69) is 25.3 Å². The third-order valence-corrected chi connectivity index (χ3v) is 5.82. The Kier molecular flexibility index (Phi) is 8.43. The van der Waals surface area contributed by atoms with Crippen molar-refractivity contribution >= 4 is 52.6 Å². The topological polar surface area (TPSA) is 215 Å². The van der Waals surface area contributed by atoms with Gasteiger partial charge in [0.15, 0.2) is 35.3 Å². The predicted molar refractivity (Wildman–Crippen MR) is 131 cm³/mol. The molecule has 0 saturated carbocycles. The third-order valence-electron chi connectivity index (χ3n) is 5.56. The molecule has 18 heteroatoms. The van der Waals surface area contributed by atoms with E-state index in [1.807, 2.05) is 0 Å². The smallest absolute Gasteiger partial charge is 0.303 e. The SMILES string of the molecule is CC(=O)OC[C@H]1O[C@H](n2cc(Cn3cnc4c(Cl)nc(N)nc43)nn2)[C@H](OC(C)=O)[C@@H](OC(C)=O)[C@@H]1OC(C)=O. The number of halogens is 1. The lowest BCUT2D eigenvalue weighted by atomic mass is 9.97. The first-order valence-electron chi connectivity index (χ1n) is 11.8. The highest BCUT2D eigenvalue weighted by molar-refractivity contribution is 6.33. The highest BCUT2D eigenvalue weighted by atomic mass is 35.5. The second-order valence-electron chi connectivity index (χ2n) is 8.70. The Balaban J connectivity index is 1.70. The molecule has 214 valence electrons. The summed E-state index contributed by atoms with van der Waals surface area (Å²) in [6.07, 6.45) is -3.41. The van der Waals surface area contributed by atoms with Crippen molar-refractivity contribution in [2.45, 2.75) is 64.9 Å². The highest BCUT2D eigenvalue weighted by Gasteiger charge is 2.53. The maximum Gasteiger partial charge on any atom is 0.303 e. The maximum absolute atomic E-state index is 12.1. The number of hydrogen-bond acceptors (Lipinski definition) is 15. The van der Waals surface area contributed by atoms with E-state index >= 15 is 0 Å². The number of esters is 4. The van der Waals surface area contributed by atoms with E-state index in [1.54, 1.807) is 4.57 Å². The third kappa shape index (κ3) is 6.42. The summed E-state index contributed by atoms with van der Waals surface area (Å²) in [5.41, 5.74) is 6.80. The summed E-state index contributed by atoms with van der Waals surface area (Å²) in [6.45, 7) is 4.33. The molecule has 1 aliphatic rings. The number of aromatic nitrogens is 7. The van der Waals surface area contributed by atoms with Crippen molar-refractivity contribution in [2.75, 3.05) is 12.3 Å². The first kappa shape index (κ1) is 28.6. The monoisotopic (exact) mass is 580 g/mol. The fraction of sp³-hybridized carbons (Fsp3) is 0.500. The fourth-order valence-corrected chi connectivity index (χ4v) is 4.36. The molecule has 40 heavy (non-hydrogen) atoms. The first-order chi connectivity index (χ1) is 18.9. The molecule has 0 radical (unpaired) electrons. The summed E-state index contributed by atoms with van der Waals surface area (Å²) in [7, 11) is 0. The summed E-state index contributed by atoms with van der Waals surface area (Å²) in [5.74, 6) is -2.90. The van der Waals surface area contributed by atoms with Crippen LogP contribution in [0.1, 0.15) is 39.6 Å². The van der Waals surface area contributed by atoms with Crippen LogP contribution >= 0.6 is 11.6 Å².